The largest absolute Gasteiger partial charge is 0.416 e. The molecule has 0 bridgehead atoms. The molecule has 1 atom stereocenters. The Morgan fingerprint density at radius 3 is 2.62 bits per heavy atom. The summed E-state index contributed by atoms with van der Waals surface area (Å²) in [5, 5.41) is 0.410. The highest BCUT2D eigenvalue weighted by Gasteiger charge is 2.30. The average molecular weight is 316 g/mol. The van der Waals surface area contributed by atoms with Crippen LogP contribution in [0.5, 0.6) is 0 Å². The van der Waals surface area contributed by atoms with Gasteiger partial charge >= 0.3 is 6.18 Å². The lowest BCUT2D eigenvalue weighted by atomic mass is 10.0. The number of nitrogens with zero attached hydrogens (tertiary/aromatic N) is 1. The predicted molar refractivity (Wildman–Crippen MR) is 74.5 cm³/mol. The van der Waals surface area contributed by atoms with Gasteiger partial charge in [0.05, 0.1) is 22.3 Å². The Morgan fingerprint density at radius 1 is 1.24 bits per heavy atom. The molecule has 21 heavy (non-hydrogen) atoms. The lowest BCUT2D eigenvalue weighted by Crippen LogP contribution is -2.30. The van der Waals surface area contributed by atoms with E-state index in [4.69, 9.17) is 17.4 Å². The Balaban J connectivity index is 2.26. The Kier molecular flexibility index (Phi) is 4.82. The van der Waals surface area contributed by atoms with Gasteiger partial charge in [-0.05, 0) is 30.2 Å². The third-order valence-electron chi connectivity index (χ3n) is 3.01. The highest BCUT2D eigenvalue weighted by atomic mass is 35.5. The van der Waals surface area contributed by atoms with Crippen molar-refractivity contribution in [3.8, 4) is 0 Å². The summed E-state index contributed by atoms with van der Waals surface area (Å²) in [4.78, 5) is 4.12. The highest BCUT2D eigenvalue weighted by molar-refractivity contribution is 6.31. The van der Waals surface area contributed by atoms with Crippen LogP contribution in [0.15, 0.2) is 42.6 Å². The molecule has 0 aliphatic heterocycles. The fourth-order valence-corrected chi connectivity index (χ4v) is 2.25. The zero-order chi connectivity index (χ0) is 15.5. The minimum Gasteiger partial charge on any atom is -0.271 e. The van der Waals surface area contributed by atoms with Crippen LogP contribution in [0.2, 0.25) is 5.02 Å². The molecule has 2 aromatic rings. The number of nitrogens with one attached hydrogen (secondary N) is 1. The molecule has 3 N–H and O–H groups in total. The molecule has 2 rings (SSSR count). The smallest absolute Gasteiger partial charge is 0.271 e. The Morgan fingerprint density at radius 2 is 2.00 bits per heavy atom. The van der Waals surface area contributed by atoms with Gasteiger partial charge < -0.3 is 0 Å². The average Bonchev–Trinajstić information content (AvgIpc) is 2.45. The molecule has 0 amide bonds. The molecule has 0 aliphatic rings. The van der Waals surface area contributed by atoms with Crippen molar-refractivity contribution in [1.82, 2.24) is 10.4 Å². The number of halogens is 4. The minimum atomic E-state index is -4.37. The number of benzene rings is 1. The molecular formula is C14H13ClF3N3. The topological polar surface area (TPSA) is 50.9 Å². The van der Waals surface area contributed by atoms with Crippen molar-refractivity contribution < 1.29 is 13.2 Å². The summed E-state index contributed by atoms with van der Waals surface area (Å²) >= 11 is 6.03. The number of hydrogen-bond donors (Lipinski definition) is 2. The highest BCUT2D eigenvalue weighted by Crippen LogP contribution is 2.30. The van der Waals surface area contributed by atoms with E-state index in [2.05, 4.69) is 10.4 Å². The first-order chi connectivity index (χ1) is 9.91. The maximum absolute atomic E-state index is 12.7. The van der Waals surface area contributed by atoms with E-state index in [0.29, 0.717) is 16.3 Å². The van der Waals surface area contributed by atoms with Crippen LogP contribution in [0, 0.1) is 0 Å². The monoisotopic (exact) mass is 315 g/mol. The van der Waals surface area contributed by atoms with Gasteiger partial charge in [0.1, 0.15) is 0 Å². The molecule has 1 aromatic carbocycles. The maximum atomic E-state index is 12.7. The van der Waals surface area contributed by atoms with E-state index in [1.807, 2.05) is 0 Å². The summed E-state index contributed by atoms with van der Waals surface area (Å²) in [6.07, 6.45) is -2.57. The van der Waals surface area contributed by atoms with Crippen molar-refractivity contribution in [2.75, 3.05) is 0 Å². The van der Waals surface area contributed by atoms with Gasteiger partial charge in [0, 0.05) is 6.20 Å². The second-order valence-electron chi connectivity index (χ2n) is 4.49. The molecule has 0 aliphatic carbocycles. The van der Waals surface area contributed by atoms with E-state index in [9.17, 15) is 13.2 Å². The summed E-state index contributed by atoms with van der Waals surface area (Å²) in [6, 6.07) is 7.96. The van der Waals surface area contributed by atoms with Gasteiger partial charge in [0.25, 0.3) is 0 Å². The summed E-state index contributed by atoms with van der Waals surface area (Å²) < 4.78 is 38.1. The van der Waals surface area contributed by atoms with Crippen molar-refractivity contribution in [2.24, 2.45) is 5.84 Å². The fourth-order valence-electron chi connectivity index (χ4n) is 2.00. The van der Waals surface area contributed by atoms with Crippen molar-refractivity contribution in [2.45, 2.75) is 18.6 Å². The first-order valence-electron chi connectivity index (χ1n) is 6.14. The molecular weight excluding hydrogens is 303 g/mol. The first kappa shape index (κ1) is 15.8. The van der Waals surface area contributed by atoms with Gasteiger partial charge in [0.2, 0.25) is 0 Å². The number of nitrogens with two attached hydrogens (primary N) is 1. The van der Waals surface area contributed by atoms with Crippen LogP contribution in [0.25, 0.3) is 0 Å². The third-order valence-corrected chi connectivity index (χ3v) is 3.33. The standard InChI is InChI=1S/C14H13ClF3N3/c15-11-5-2-6-20-13(11)12(21-19)8-9-3-1-4-10(7-9)14(16,17)18/h1-7,12,21H,8,19H2. The summed E-state index contributed by atoms with van der Waals surface area (Å²) in [5.74, 6) is 5.47. The molecule has 1 unspecified atom stereocenters. The number of aromatic nitrogens is 1. The summed E-state index contributed by atoms with van der Waals surface area (Å²) in [5.41, 5.74) is 2.84. The molecule has 0 spiro atoms. The van der Waals surface area contributed by atoms with E-state index >= 15 is 0 Å². The van der Waals surface area contributed by atoms with Gasteiger partial charge in [-0.25, -0.2) is 0 Å². The number of alkyl halides is 3. The molecule has 3 nitrogen and oxygen atoms in total. The lowest BCUT2D eigenvalue weighted by molar-refractivity contribution is -0.137. The van der Waals surface area contributed by atoms with E-state index < -0.39 is 17.8 Å². The molecule has 0 radical (unpaired) electrons. The number of hydrazine groups is 1. The van der Waals surface area contributed by atoms with E-state index in [1.54, 1.807) is 24.4 Å². The molecule has 0 saturated carbocycles. The van der Waals surface area contributed by atoms with Gasteiger partial charge in [0.15, 0.2) is 0 Å². The van der Waals surface area contributed by atoms with Gasteiger partial charge in [-0.1, -0.05) is 29.8 Å². The van der Waals surface area contributed by atoms with Crippen molar-refractivity contribution in [3.05, 3.63) is 64.4 Å². The van der Waals surface area contributed by atoms with Crippen LogP contribution in [-0.2, 0) is 12.6 Å². The second kappa shape index (κ2) is 6.43. The van der Waals surface area contributed by atoms with Gasteiger partial charge in [-0.3, -0.25) is 16.3 Å². The zero-order valence-corrected chi connectivity index (χ0v) is 11.6. The molecule has 1 aromatic heterocycles. The predicted octanol–water partition coefficient (Wildman–Crippen LogP) is 3.50. The van der Waals surface area contributed by atoms with E-state index in [1.165, 1.54) is 6.07 Å². The van der Waals surface area contributed by atoms with Gasteiger partial charge in [-0.15, -0.1) is 0 Å². The van der Waals surface area contributed by atoms with Crippen LogP contribution >= 0.6 is 11.6 Å². The fraction of sp³-hybridized carbons (Fsp3) is 0.214. The van der Waals surface area contributed by atoms with Crippen LogP contribution in [0.1, 0.15) is 22.9 Å². The van der Waals surface area contributed by atoms with Crippen molar-refractivity contribution in [1.29, 1.82) is 0 Å². The quantitative estimate of drug-likeness (QED) is 0.670. The number of hydrogen-bond acceptors (Lipinski definition) is 3. The molecule has 112 valence electrons. The molecule has 7 heteroatoms. The zero-order valence-electron chi connectivity index (χ0n) is 10.9. The Bertz CT molecular complexity index is 616. The summed E-state index contributed by atoms with van der Waals surface area (Å²) in [6.45, 7) is 0. The first-order valence-corrected chi connectivity index (χ1v) is 6.52. The molecule has 1 heterocycles. The van der Waals surface area contributed by atoms with Gasteiger partial charge in [-0.2, -0.15) is 13.2 Å². The van der Waals surface area contributed by atoms with Crippen LogP contribution in [-0.4, -0.2) is 4.98 Å². The Labute approximate surface area is 124 Å². The maximum Gasteiger partial charge on any atom is 0.416 e. The van der Waals surface area contributed by atoms with Crippen LogP contribution < -0.4 is 11.3 Å². The summed E-state index contributed by atoms with van der Waals surface area (Å²) in [7, 11) is 0. The second-order valence-corrected chi connectivity index (χ2v) is 4.90. The molecule has 0 fully saturated rings. The van der Waals surface area contributed by atoms with Crippen LogP contribution in [0.4, 0.5) is 13.2 Å². The van der Waals surface area contributed by atoms with E-state index in [-0.39, 0.29) is 6.42 Å². The lowest BCUT2D eigenvalue weighted by Gasteiger charge is -2.17. The minimum absolute atomic E-state index is 0.247. The van der Waals surface area contributed by atoms with Crippen molar-refractivity contribution in [3.63, 3.8) is 0 Å². The van der Waals surface area contributed by atoms with Crippen molar-refractivity contribution >= 4 is 11.6 Å². The normalized spacial score (nSPS) is 13.2. The third kappa shape index (κ3) is 3.93. The van der Waals surface area contributed by atoms with E-state index in [0.717, 1.165) is 12.1 Å². The van der Waals surface area contributed by atoms with Crippen LogP contribution in [0.3, 0.4) is 0 Å². The SMILES string of the molecule is NNC(Cc1cccc(C(F)(F)F)c1)c1ncccc1Cl. The number of pyridine rings is 1. The molecule has 0 saturated heterocycles. The Hall–Kier alpha value is -1.63. The number of rotatable bonds is 4.